The van der Waals surface area contributed by atoms with Crippen LogP contribution in [-0.4, -0.2) is 24.7 Å². The third kappa shape index (κ3) is 3.41. The molecule has 106 valence electrons. The molecule has 1 heterocycles. The lowest BCUT2D eigenvalue weighted by molar-refractivity contribution is -0.390. The SMILES string of the molecule is NS(=O)(=O)c1c[nH]c(OC(F)(F)F)c([N+](=O)[O-])c1=O. The highest BCUT2D eigenvalue weighted by Gasteiger charge is 2.37. The maximum atomic E-state index is 11.9. The molecule has 0 aliphatic rings. The lowest BCUT2D eigenvalue weighted by atomic mass is 10.4. The number of halogens is 3. The molecular weight excluding hydrogens is 299 g/mol. The molecule has 1 rings (SSSR count). The van der Waals surface area contributed by atoms with Crippen molar-refractivity contribution in [2.75, 3.05) is 0 Å². The molecule has 0 spiro atoms. The Balaban J connectivity index is 3.60. The van der Waals surface area contributed by atoms with Gasteiger partial charge in [-0.3, -0.25) is 14.9 Å². The molecule has 0 aliphatic heterocycles. The fraction of sp³-hybridized carbons (Fsp3) is 0.167. The number of hydrogen-bond donors (Lipinski definition) is 2. The smallest absolute Gasteiger partial charge is 0.382 e. The summed E-state index contributed by atoms with van der Waals surface area (Å²) in [6.07, 6.45) is -5.04. The van der Waals surface area contributed by atoms with E-state index in [0.29, 0.717) is 0 Å². The van der Waals surface area contributed by atoms with Crippen molar-refractivity contribution in [2.24, 2.45) is 5.14 Å². The number of primary sulfonamides is 1. The third-order valence-electron chi connectivity index (χ3n) is 1.70. The van der Waals surface area contributed by atoms with E-state index in [0.717, 1.165) is 0 Å². The van der Waals surface area contributed by atoms with Gasteiger partial charge in [0.2, 0.25) is 10.0 Å². The zero-order valence-electron chi connectivity index (χ0n) is 8.59. The largest absolute Gasteiger partial charge is 0.574 e. The van der Waals surface area contributed by atoms with Crippen molar-refractivity contribution in [3.8, 4) is 5.88 Å². The molecule has 3 N–H and O–H groups in total. The highest BCUT2D eigenvalue weighted by atomic mass is 32.2. The number of nitrogens with zero attached hydrogens (tertiary/aromatic N) is 1. The van der Waals surface area contributed by atoms with Gasteiger partial charge in [-0.2, -0.15) is 0 Å². The maximum Gasteiger partial charge on any atom is 0.574 e. The van der Waals surface area contributed by atoms with Crippen LogP contribution in [0.4, 0.5) is 18.9 Å². The monoisotopic (exact) mass is 303 g/mol. The van der Waals surface area contributed by atoms with Crippen LogP contribution in [0.3, 0.4) is 0 Å². The van der Waals surface area contributed by atoms with E-state index in [9.17, 15) is 36.5 Å². The van der Waals surface area contributed by atoms with Crippen molar-refractivity contribution in [3.63, 3.8) is 0 Å². The summed E-state index contributed by atoms with van der Waals surface area (Å²) in [6, 6.07) is 0. The minimum atomic E-state index is -5.31. The number of nitrogens with one attached hydrogen (secondary N) is 1. The second-order valence-corrected chi connectivity index (χ2v) is 4.54. The van der Waals surface area contributed by atoms with Crippen molar-refractivity contribution in [1.29, 1.82) is 0 Å². The number of hydrogen-bond acceptors (Lipinski definition) is 6. The summed E-state index contributed by atoms with van der Waals surface area (Å²) in [6.45, 7) is 0. The molecule has 1 aromatic rings. The first kappa shape index (κ1) is 14.9. The van der Waals surface area contributed by atoms with Crippen LogP contribution in [0.25, 0.3) is 0 Å². The third-order valence-corrected chi connectivity index (χ3v) is 2.61. The van der Waals surface area contributed by atoms with Crippen molar-refractivity contribution >= 4 is 15.7 Å². The van der Waals surface area contributed by atoms with Crippen molar-refractivity contribution < 1.29 is 31.2 Å². The predicted octanol–water partition coefficient (Wildman–Crippen LogP) is -0.171. The molecule has 0 bridgehead atoms. The summed E-state index contributed by atoms with van der Waals surface area (Å²) in [7, 11) is -4.63. The van der Waals surface area contributed by atoms with Crippen LogP contribution in [0.15, 0.2) is 15.9 Å². The molecule has 0 aromatic carbocycles. The van der Waals surface area contributed by atoms with Crippen LogP contribution in [-0.2, 0) is 10.0 Å². The van der Waals surface area contributed by atoms with E-state index >= 15 is 0 Å². The van der Waals surface area contributed by atoms with E-state index in [2.05, 4.69) is 9.88 Å². The number of aromatic amines is 1. The summed E-state index contributed by atoms with van der Waals surface area (Å²) in [4.78, 5) is 20.7. The fourth-order valence-electron chi connectivity index (χ4n) is 1.06. The van der Waals surface area contributed by atoms with Gasteiger partial charge in [0.1, 0.15) is 0 Å². The summed E-state index contributed by atoms with van der Waals surface area (Å²) < 4.78 is 60.8. The van der Waals surface area contributed by atoms with E-state index in [1.807, 2.05) is 0 Å². The molecule has 0 saturated carbocycles. The highest BCUT2D eigenvalue weighted by Crippen LogP contribution is 2.27. The molecule has 1 aromatic heterocycles. The normalized spacial score (nSPS) is 12.2. The summed E-state index contributed by atoms with van der Waals surface area (Å²) in [5, 5.41) is 15.1. The second kappa shape index (κ2) is 4.51. The summed E-state index contributed by atoms with van der Waals surface area (Å²) in [5.74, 6) is -1.55. The Labute approximate surface area is 102 Å². The van der Waals surface area contributed by atoms with Gasteiger partial charge in [-0.05, 0) is 0 Å². The Morgan fingerprint density at radius 1 is 1.42 bits per heavy atom. The number of H-pyrrole nitrogens is 1. The Bertz CT molecular complexity index is 678. The van der Waals surface area contributed by atoms with Crippen molar-refractivity contribution in [3.05, 3.63) is 26.5 Å². The standard InChI is InChI=1S/C6H4F3N3O6S/c7-6(8,9)18-5-3(12(14)15)4(13)2(1-11-5)19(10,16)17/h1H,(H,11,13)(H2,10,16,17). The van der Waals surface area contributed by atoms with Crippen LogP contribution >= 0.6 is 0 Å². The summed E-state index contributed by atoms with van der Waals surface area (Å²) >= 11 is 0. The first-order chi connectivity index (χ1) is 8.43. The van der Waals surface area contributed by atoms with Crippen LogP contribution in [0.5, 0.6) is 5.88 Å². The number of rotatable bonds is 3. The molecule has 9 nitrogen and oxygen atoms in total. The quantitative estimate of drug-likeness (QED) is 0.585. The molecule has 0 amide bonds. The van der Waals surface area contributed by atoms with E-state index in [1.54, 1.807) is 4.98 Å². The molecular formula is C6H4F3N3O6S. The molecule has 19 heavy (non-hydrogen) atoms. The van der Waals surface area contributed by atoms with Gasteiger partial charge in [-0.15, -0.1) is 13.2 Å². The number of ether oxygens (including phenoxy) is 1. The molecule has 0 saturated heterocycles. The van der Waals surface area contributed by atoms with Gasteiger partial charge in [0.25, 0.3) is 11.3 Å². The van der Waals surface area contributed by atoms with Gasteiger partial charge in [-0.25, -0.2) is 13.6 Å². The number of sulfonamides is 1. The van der Waals surface area contributed by atoms with Gasteiger partial charge >= 0.3 is 12.0 Å². The number of aromatic nitrogens is 1. The maximum absolute atomic E-state index is 11.9. The summed E-state index contributed by atoms with van der Waals surface area (Å²) in [5.41, 5.74) is -3.53. The van der Waals surface area contributed by atoms with Gasteiger partial charge in [0, 0.05) is 6.20 Å². The second-order valence-electron chi connectivity index (χ2n) is 3.01. The lowest BCUT2D eigenvalue weighted by Gasteiger charge is -2.08. The van der Waals surface area contributed by atoms with E-state index in [4.69, 9.17) is 0 Å². The molecule has 0 atom stereocenters. The van der Waals surface area contributed by atoms with Gasteiger partial charge in [0.05, 0.1) is 4.92 Å². The first-order valence-electron chi connectivity index (χ1n) is 4.12. The van der Waals surface area contributed by atoms with Crippen LogP contribution < -0.4 is 15.3 Å². The molecule has 0 aliphatic carbocycles. The van der Waals surface area contributed by atoms with E-state index in [1.165, 1.54) is 0 Å². The minimum absolute atomic E-state index is 0.270. The predicted molar refractivity (Wildman–Crippen MR) is 51.8 cm³/mol. The van der Waals surface area contributed by atoms with Crippen LogP contribution in [0.1, 0.15) is 0 Å². The molecule has 0 unspecified atom stereocenters. The van der Waals surface area contributed by atoms with E-state index in [-0.39, 0.29) is 6.20 Å². The highest BCUT2D eigenvalue weighted by molar-refractivity contribution is 7.89. The van der Waals surface area contributed by atoms with Gasteiger partial charge < -0.3 is 9.72 Å². The van der Waals surface area contributed by atoms with E-state index < -0.39 is 43.2 Å². The van der Waals surface area contributed by atoms with Crippen molar-refractivity contribution in [2.45, 2.75) is 11.3 Å². The fourth-order valence-corrected chi connectivity index (χ4v) is 1.63. The number of nitro groups is 1. The zero-order chi connectivity index (χ0) is 15.0. The molecule has 13 heteroatoms. The van der Waals surface area contributed by atoms with Crippen LogP contribution in [0.2, 0.25) is 0 Å². The first-order valence-corrected chi connectivity index (χ1v) is 5.66. The average molecular weight is 303 g/mol. The molecule has 0 fully saturated rings. The lowest BCUT2D eigenvalue weighted by Crippen LogP contribution is -2.26. The average Bonchev–Trinajstić information content (AvgIpc) is 2.11. The van der Waals surface area contributed by atoms with Crippen LogP contribution in [0, 0.1) is 10.1 Å². The Morgan fingerprint density at radius 3 is 2.32 bits per heavy atom. The topological polar surface area (TPSA) is 145 Å². The van der Waals surface area contributed by atoms with Gasteiger partial charge in [-0.1, -0.05) is 0 Å². The van der Waals surface area contributed by atoms with Gasteiger partial charge in [0.15, 0.2) is 4.90 Å². The number of pyridine rings is 1. The number of alkyl halides is 3. The zero-order valence-corrected chi connectivity index (χ0v) is 9.41. The Morgan fingerprint density at radius 2 is 1.95 bits per heavy atom. The Hall–Kier alpha value is -2.15. The Kier molecular flexibility index (Phi) is 3.54. The number of nitrogens with two attached hydrogens (primary N) is 1. The van der Waals surface area contributed by atoms with Crippen molar-refractivity contribution in [1.82, 2.24) is 4.98 Å². The minimum Gasteiger partial charge on any atom is -0.382 e. The molecule has 0 radical (unpaired) electrons.